The van der Waals surface area contributed by atoms with Crippen LogP contribution in [0.3, 0.4) is 0 Å². The average Bonchev–Trinajstić information content (AvgIpc) is 2.21. The van der Waals surface area contributed by atoms with Crippen LogP contribution < -0.4 is 11.1 Å². The van der Waals surface area contributed by atoms with Gasteiger partial charge in [-0.15, -0.1) is 0 Å². The number of carbonyl (C=O) groups excluding carboxylic acids is 1. The fourth-order valence-electron chi connectivity index (χ4n) is 1.84. The second-order valence-corrected chi connectivity index (χ2v) is 4.11. The molecule has 0 bridgehead atoms. The summed E-state index contributed by atoms with van der Waals surface area (Å²) in [7, 11) is 0. The second-order valence-electron chi connectivity index (χ2n) is 4.11. The van der Waals surface area contributed by atoms with E-state index in [4.69, 9.17) is 10.5 Å². The van der Waals surface area contributed by atoms with Crippen LogP contribution in [0.5, 0.6) is 0 Å². The SMILES string of the molecule is C[C@]1(c2cc(N)ccc2F)COCC(=O)N1. The first-order valence-corrected chi connectivity index (χ1v) is 4.95. The van der Waals surface area contributed by atoms with Crippen molar-refractivity contribution in [3.8, 4) is 0 Å². The van der Waals surface area contributed by atoms with Crippen LogP contribution in [-0.2, 0) is 15.1 Å². The highest BCUT2D eigenvalue weighted by atomic mass is 19.1. The molecule has 1 aromatic rings. The lowest BCUT2D eigenvalue weighted by Gasteiger charge is -2.35. The van der Waals surface area contributed by atoms with E-state index in [1.165, 1.54) is 18.2 Å². The highest BCUT2D eigenvalue weighted by Gasteiger charge is 2.35. The normalized spacial score (nSPS) is 25.2. The summed E-state index contributed by atoms with van der Waals surface area (Å²) in [4.78, 5) is 11.3. The molecule has 0 saturated carbocycles. The number of halogens is 1. The first-order valence-electron chi connectivity index (χ1n) is 4.95. The maximum absolute atomic E-state index is 13.7. The van der Waals surface area contributed by atoms with Gasteiger partial charge in [0.25, 0.3) is 0 Å². The minimum Gasteiger partial charge on any atom is -0.399 e. The lowest BCUT2D eigenvalue weighted by molar-refractivity contribution is -0.135. The fourth-order valence-corrected chi connectivity index (χ4v) is 1.84. The summed E-state index contributed by atoms with van der Waals surface area (Å²) in [6.07, 6.45) is 0. The number of hydrogen-bond acceptors (Lipinski definition) is 3. The topological polar surface area (TPSA) is 64.3 Å². The third-order valence-electron chi connectivity index (χ3n) is 2.62. The maximum Gasteiger partial charge on any atom is 0.246 e. The molecule has 0 unspecified atom stereocenters. The van der Waals surface area contributed by atoms with Crippen molar-refractivity contribution in [2.24, 2.45) is 0 Å². The molecule has 1 aliphatic rings. The number of anilines is 1. The van der Waals surface area contributed by atoms with Crippen LogP contribution in [0.4, 0.5) is 10.1 Å². The van der Waals surface area contributed by atoms with Crippen molar-refractivity contribution in [2.45, 2.75) is 12.5 Å². The predicted octanol–water partition coefficient (Wildman–Crippen LogP) is 0.770. The highest BCUT2D eigenvalue weighted by Crippen LogP contribution is 2.27. The van der Waals surface area contributed by atoms with E-state index in [-0.39, 0.29) is 19.1 Å². The van der Waals surface area contributed by atoms with Gasteiger partial charge in [-0.05, 0) is 25.1 Å². The zero-order chi connectivity index (χ0) is 11.8. The van der Waals surface area contributed by atoms with Crippen molar-refractivity contribution in [1.82, 2.24) is 5.32 Å². The Morgan fingerprint density at radius 3 is 3.00 bits per heavy atom. The van der Waals surface area contributed by atoms with E-state index in [9.17, 15) is 9.18 Å². The smallest absolute Gasteiger partial charge is 0.246 e. The largest absolute Gasteiger partial charge is 0.399 e. The zero-order valence-electron chi connectivity index (χ0n) is 8.92. The number of hydrogen-bond donors (Lipinski definition) is 2. The molecule has 0 aromatic heterocycles. The van der Waals surface area contributed by atoms with Crippen LogP contribution in [0.15, 0.2) is 18.2 Å². The molecule has 4 nitrogen and oxygen atoms in total. The van der Waals surface area contributed by atoms with Crippen LogP contribution in [0.1, 0.15) is 12.5 Å². The maximum atomic E-state index is 13.7. The van der Waals surface area contributed by atoms with Crippen LogP contribution in [0.2, 0.25) is 0 Å². The van der Waals surface area contributed by atoms with Gasteiger partial charge in [0, 0.05) is 11.3 Å². The molecule has 1 atom stereocenters. The summed E-state index contributed by atoms with van der Waals surface area (Å²) < 4.78 is 18.8. The number of nitrogens with one attached hydrogen (secondary N) is 1. The Morgan fingerprint density at radius 1 is 1.56 bits per heavy atom. The lowest BCUT2D eigenvalue weighted by atomic mass is 9.91. The molecule has 86 valence electrons. The van der Waals surface area contributed by atoms with Gasteiger partial charge in [0.15, 0.2) is 0 Å². The van der Waals surface area contributed by atoms with Crippen molar-refractivity contribution < 1.29 is 13.9 Å². The van der Waals surface area contributed by atoms with Gasteiger partial charge in [-0.2, -0.15) is 0 Å². The Morgan fingerprint density at radius 2 is 2.31 bits per heavy atom. The molecular weight excluding hydrogens is 211 g/mol. The van der Waals surface area contributed by atoms with Crippen molar-refractivity contribution in [3.05, 3.63) is 29.6 Å². The molecule has 0 radical (unpaired) electrons. The molecule has 5 heteroatoms. The first-order chi connectivity index (χ1) is 7.51. The molecule has 1 amide bonds. The number of benzene rings is 1. The Labute approximate surface area is 92.6 Å². The monoisotopic (exact) mass is 224 g/mol. The van der Waals surface area contributed by atoms with Gasteiger partial charge in [0.05, 0.1) is 12.1 Å². The van der Waals surface area contributed by atoms with Gasteiger partial charge in [-0.1, -0.05) is 0 Å². The fraction of sp³-hybridized carbons (Fsp3) is 0.364. The standard InChI is InChI=1S/C11H13FN2O2/c1-11(6-16-5-10(15)14-11)8-4-7(13)2-3-9(8)12/h2-4H,5-6,13H2,1H3,(H,14,15)/t11-/m1/s1. The highest BCUT2D eigenvalue weighted by molar-refractivity contribution is 5.79. The van der Waals surface area contributed by atoms with Crippen LogP contribution in [0, 0.1) is 5.82 Å². The Hall–Kier alpha value is -1.62. The predicted molar refractivity (Wildman–Crippen MR) is 57.1 cm³/mol. The third-order valence-corrected chi connectivity index (χ3v) is 2.62. The molecule has 1 aromatic carbocycles. The van der Waals surface area contributed by atoms with Gasteiger partial charge >= 0.3 is 0 Å². The Balaban J connectivity index is 2.41. The van der Waals surface area contributed by atoms with Crippen molar-refractivity contribution in [2.75, 3.05) is 18.9 Å². The van der Waals surface area contributed by atoms with Crippen molar-refractivity contribution >= 4 is 11.6 Å². The number of morpholine rings is 1. The number of rotatable bonds is 1. The van der Waals surface area contributed by atoms with E-state index in [0.717, 1.165) is 0 Å². The van der Waals surface area contributed by atoms with Gasteiger partial charge in [-0.25, -0.2) is 4.39 Å². The number of amides is 1. The molecule has 1 heterocycles. The summed E-state index contributed by atoms with van der Waals surface area (Å²) in [5.41, 5.74) is 5.56. The number of carbonyl (C=O) groups is 1. The van der Waals surface area contributed by atoms with Crippen LogP contribution in [-0.4, -0.2) is 19.1 Å². The van der Waals surface area contributed by atoms with Crippen molar-refractivity contribution in [3.63, 3.8) is 0 Å². The summed E-state index contributed by atoms with van der Waals surface area (Å²) in [6.45, 7) is 1.96. The van der Waals surface area contributed by atoms with E-state index in [2.05, 4.69) is 5.32 Å². The van der Waals surface area contributed by atoms with Gasteiger partial charge in [-0.3, -0.25) is 4.79 Å². The molecule has 0 spiro atoms. The number of nitrogen functional groups attached to an aromatic ring is 1. The summed E-state index contributed by atoms with van der Waals surface area (Å²) >= 11 is 0. The van der Waals surface area contributed by atoms with Gasteiger partial charge < -0.3 is 15.8 Å². The second kappa shape index (κ2) is 3.75. The Kier molecular flexibility index (Phi) is 2.55. The number of ether oxygens (including phenoxy) is 1. The molecular formula is C11H13FN2O2. The molecule has 2 rings (SSSR count). The van der Waals surface area contributed by atoms with E-state index in [0.29, 0.717) is 11.3 Å². The van der Waals surface area contributed by atoms with Gasteiger partial charge in [0.1, 0.15) is 12.4 Å². The molecule has 1 fully saturated rings. The van der Waals surface area contributed by atoms with E-state index in [1.54, 1.807) is 6.92 Å². The van der Waals surface area contributed by atoms with Crippen LogP contribution in [0.25, 0.3) is 0 Å². The minimum atomic E-state index is -0.852. The first kappa shape index (κ1) is 10.9. The quantitative estimate of drug-likeness (QED) is 0.692. The molecule has 0 aliphatic carbocycles. The summed E-state index contributed by atoms with van der Waals surface area (Å²) in [6, 6.07) is 4.29. The molecule has 1 aliphatic heterocycles. The Bertz CT molecular complexity index is 436. The summed E-state index contributed by atoms with van der Waals surface area (Å²) in [5.74, 6) is -0.655. The van der Waals surface area contributed by atoms with Crippen molar-refractivity contribution in [1.29, 1.82) is 0 Å². The van der Waals surface area contributed by atoms with E-state index < -0.39 is 11.4 Å². The molecule has 16 heavy (non-hydrogen) atoms. The average molecular weight is 224 g/mol. The van der Waals surface area contributed by atoms with E-state index in [1.807, 2.05) is 0 Å². The number of nitrogens with two attached hydrogens (primary N) is 1. The minimum absolute atomic E-state index is 0.0134. The lowest BCUT2D eigenvalue weighted by Crippen LogP contribution is -2.53. The van der Waals surface area contributed by atoms with Crippen LogP contribution >= 0.6 is 0 Å². The van der Waals surface area contributed by atoms with E-state index >= 15 is 0 Å². The van der Waals surface area contributed by atoms with Gasteiger partial charge in [0.2, 0.25) is 5.91 Å². The zero-order valence-corrected chi connectivity index (χ0v) is 8.92. The third kappa shape index (κ3) is 1.86. The molecule has 3 N–H and O–H groups in total. The summed E-state index contributed by atoms with van der Waals surface area (Å²) in [5, 5.41) is 2.72. The molecule has 1 saturated heterocycles.